The summed E-state index contributed by atoms with van der Waals surface area (Å²) < 4.78 is 10.8. The van der Waals surface area contributed by atoms with Gasteiger partial charge in [0.1, 0.15) is 5.75 Å². The first-order chi connectivity index (χ1) is 21.0. The van der Waals surface area contributed by atoms with Gasteiger partial charge in [0.05, 0.1) is 35.4 Å². The number of benzene rings is 4. The smallest absolute Gasteiger partial charge is 0.338 e. The van der Waals surface area contributed by atoms with Crippen LogP contribution in [0.15, 0.2) is 97.1 Å². The van der Waals surface area contributed by atoms with Crippen LogP contribution in [0.4, 0.5) is 11.4 Å². The second-order valence-electron chi connectivity index (χ2n) is 10.9. The molecular formula is C35H28N2O6. The Morgan fingerprint density at radius 3 is 1.88 bits per heavy atom. The van der Waals surface area contributed by atoms with Gasteiger partial charge in [-0.1, -0.05) is 66.7 Å². The van der Waals surface area contributed by atoms with E-state index in [0.29, 0.717) is 23.7 Å². The van der Waals surface area contributed by atoms with Crippen LogP contribution in [0.2, 0.25) is 0 Å². The number of esters is 1. The first-order valence-electron chi connectivity index (χ1n) is 14.3. The summed E-state index contributed by atoms with van der Waals surface area (Å²) in [6.45, 7) is 1.76. The normalized spacial score (nSPS) is 21.1. The Balaban J connectivity index is 1.11. The lowest BCUT2D eigenvalue weighted by Crippen LogP contribution is -2.41. The van der Waals surface area contributed by atoms with Crippen molar-refractivity contribution in [3.05, 3.63) is 125 Å². The quantitative estimate of drug-likeness (QED) is 0.239. The number of hydrogen-bond acceptors (Lipinski definition) is 6. The number of para-hydroxylation sites is 2. The minimum absolute atomic E-state index is 0.130. The Hall–Kier alpha value is -5.24. The van der Waals surface area contributed by atoms with E-state index in [1.807, 2.05) is 31.2 Å². The zero-order chi connectivity index (χ0) is 29.7. The van der Waals surface area contributed by atoms with Gasteiger partial charge in [-0.2, -0.15) is 0 Å². The third-order valence-electron chi connectivity index (χ3n) is 8.58. The highest BCUT2D eigenvalue weighted by Crippen LogP contribution is 2.61. The van der Waals surface area contributed by atoms with Gasteiger partial charge in [-0.05, 0) is 59.5 Å². The Labute approximate surface area is 248 Å². The minimum Gasteiger partial charge on any atom is -0.492 e. The molecule has 1 fully saturated rings. The second kappa shape index (κ2) is 10.5. The summed E-state index contributed by atoms with van der Waals surface area (Å²) in [5, 5.41) is 2.69. The Kier molecular flexibility index (Phi) is 6.54. The monoisotopic (exact) mass is 572 g/mol. The van der Waals surface area contributed by atoms with E-state index in [1.165, 1.54) is 17.0 Å². The van der Waals surface area contributed by atoms with Crippen LogP contribution >= 0.6 is 0 Å². The fraction of sp³-hybridized carbons (Fsp3) is 0.200. The highest BCUT2D eigenvalue weighted by molar-refractivity contribution is 6.23. The molecule has 4 aromatic rings. The number of ether oxygens (including phenoxy) is 2. The summed E-state index contributed by atoms with van der Waals surface area (Å²) in [6.07, 6.45) is 0. The number of amides is 3. The summed E-state index contributed by atoms with van der Waals surface area (Å²) >= 11 is 0. The van der Waals surface area contributed by atoms with Crippen molar-refractivity contribution < 1.29 is 28.7 Å². The summed E-state index contributed by atoms with van der Waals surface area (Å²) in [5.41, 5.74) is 5.28. The van der Waals surface area contributed by atoms with Crippen LogP contribution in [0.1, 0.15) is 51.4 Å². The highest BCUT2D eigenvalue weighted by Gasteiger charge is 2.61. The van der Waals surface area contributed by atoms with Gasteiger partial charge in [0.15, 0.2) is 6.61 Å². The minimum atomic E-state index is -0.744. The van der Waals surface area contributed by atoms with E-state index in [-0.39, 0.29) is 29.2 Å². The molecule has 0 unspecified atom stereocenters. The van der Waals surface area contributed by atoms with E-state index in [9.17, 15) is 19.2 Å². The van der Waals surface area contributed by atoms with E-state index < -0.39 is 30.3 Å². The van der Waals surface area contributed by atoms with E-state index in [4.69, 9.17) is 9.47 Å². The number of carbonyl (C=O) groups excluding carboxylic acids is 4. The fourth-order valence-electron chi connectivity index (χ4n) is 6.96. The van der Waals surface area contributed by atoms with Crippen LogP contribution in [0.25, 0.3) is 0 Å². The van der Waals surface area contributed by atoms with E-state index >= 15 is 0 Å². The molecule has 3 aliphatic carbocycles. The third-order valence-corrected chi connectivity index (χ3v) is 8.58. The van der Waals surface area contributed by atoms with Crippen molar-refractivity contribution in [3.63, 3.8) is 0 Å². The van der Waals surface area contributed by atoms with Crippen molar-refractivity contribution in [2.75, 3.05) is 23.4 Å². The van der Waals surface area contributed by atoms with Gasteiger partial charge in [0.2, 0.25) is 11.8 Å². The van der Waals surface area contributed by atoms with Gasteiger partial charge in [0.25, 0.3) is 5.91 Å². The molecule has 0 spiro atoms. The van der Waals surface area contributed by atoms with Crippen molar-refractivity contribution in [3.8, 4) is 5.75 Å². The molecular weight excluding hydrogens is 544 g/mol. The second-order valence-corrected chi connectivity index (χ2v) is 10.9. The summed E-state index contributed by atoms with van der Waals surface area (Å²) in [5.74, 6) is -2.79. The Morgan fingerprint density at radius 1 is 0.744 bits per heavy atom. The predicted octanol–water partition coefficient (Wildman–Crippen LogP) is 5.28. The van der Waals surface area contributed by atoms with E-state index in [1.54, 1.807) is 36.4 Å². The number of nitrogens with one attached hydrogen (secondary N) is 1. The molecule has 3 amide bonds. The first kappa shape index (κ1) is 26.6. The number of nitrogens with zero attached hydrogens (tertiary/aromatic N) is 1. The highest BCUT2D eigenvalue weighted by atomic mass is 16.5. The van der Waals surface area contributed by atoms with Gasteiger partial charge in [-0.3, -0.25) is 14.4 Å². The molecule has 8 rings (SSSR count). The van der Waals surface area contributed by atoms with Gasteiger partial charge >= 0.3 is 5.97 Å². The van der Waals surface area contributed by atoms with Crippen molar-refractivity contribution >= 4 is 35.1 Å². The van der Waals surface area contributed by atoms with Crippen molar-refractivity contribution in [2.45, 2.75) is 18.8 Å². The van der Waals surface area contributed by atoms with Crippen molar-refractivity contribution in [2.24, 2.45) is 11.8 Å². The van der Waals surface area contributed by atoms with Crippen molar-refractivity contribution in [1.29, 1.82) is 0 Å². The van der Waals surface area contributed by atoms with E-state index in [0.717, 1.165) is 22.3 Å². The van der Waals surface area contributed by atoms with Crippen LogP contribution < -0.4 is 15.0 Å². The molecule has 8 nitrogen and oxygen atoms in total. The molecule has 1 aliphatic heterocycles. The lowest BCUT2D eigenvalue weighted by atomic mass is 9.55. The molecule has 0 aromatic heterocycles. The Bertz CT molecular complexity index is 1680. The first-order valence-corrected chi connectivity index (χ1v) is 14.3. The molecule has 0 radical (unpaired) electrons. The molecule has 0 saturated carbocycles. The van der Waals surface area contributed by atoms with Gasteiger partial charge in [0, 0.05) is 11.8 Å². The number of carbonyl (C=O) groups is 4. The molecule has 214 valence electrons. The zero-order valence-electron chi connectivity index (χ0n) is 23.4. The molecule has 4 aromatic carbocycles. The molecule has 1 N–H and O–H groups in total. The summed E-state index contributed by atoms with van der Waals surface area (Å²) in [4.78, 5) is 54.8. The standard InChI is InChI=1S/C35H28N2O6/c1-2-42-27-17-8-7-16-26(27)36-28(38)19-43-35(41)20-10-9-11-21(18-20)37-33(39)31-29-22-12-3-4-13-23(22)30(32(31)34(37)40)25-15-6-5-14-24(25)29/h3-18,29-32H,2,19H2,1H3,(H,36,38)/t29?,30?,31-,32-/m1/s1. The summed E-state index contributed by atoms with van der Waals surface area (Å²) in [6, 6.07) is 29.4. The molecule has 1 saturated heterocycles. The predicted molar refractivity (Wildman–Crippen MR) is 159 cm³/mol. The average molecular weight is 573 g/mol. The number of imide groups is 1. The summed E-state index contributed by atoms with van der Waals surface area (Å²) in [7, 11) is 0. The molecule has 43 heavy (non-hydrogen) atoms. The maximum atomic E-state index is 14.0. The average Bonchev–Trinajstić information content (AvgIpc) is 3.31. The lowest BCUT2D eigenvalue weighted by Gasteiger charge is -2.45. The van der Waals surface area contributed by atoms with Crippen LogP contribution in [-0.2, 0) is 19.1 Å². The van der Waals surface area contributed by atoms with Gasteiger partial charge in [-0.15, -0.1) is 0 Å². The van der Waals surface area contributed by atoms with Gasteiger partial charge in [-0.25, -0.2) is 9.69 Å². The number of hydrogen-bond donors (Lipinski definition) is 1. The number of anilines is 2. The van der Waals surface area contributed by atoms with E-state index in [2.05, 4.69) is 29.6 Å². The fourth-order valence-corrected chi connectivity index (χ4v) is 6.96. The van der Waals surface area contributed by atoms with Crippen LogP contribution in [0, 0.1) is 11.8 Å². The topological polar surface area (TPSA) is 102 Å². The molecule has 2 atom stereocenters. The molecule has 4 aliphatic rings. The molecule has 8 heteroatoms. The maximum absolute atomic E-state index is 14.0. The van der Waals surface area contributed by atoms with Crippen LogP contribution in [0.3, 0.4) is 0 Å². The zero-order valence-corrected chi connectivity index (χ0v) is 23.4. The van der Waals surface area contributed by atoms with Crippen molar-refractivity contribution in [1.82, 2.24) is 0 Å². The van der Waals surface area contributed by atoms with Gasteiger partial charge < -0.3 is 14.8 Å². The van der Waals surface area contributed by atoms with Crippen LogP contribution in [0.5, 0.6) is 5.75 Å². The molecule has 2 bridgehead atoms. The van der Waals surface area contributed by atoms with Crippen LogP contribution in [-0.4, -0.2) is 36.9 Å². The maximum Gasteiger partial charge on any atom is 0.338 e. The third kappa shape index (κ3) is 4.29. The lowest BCUT2D eigenvalue weighted by molar-refractivity contribution is -0.122. The number of rotatable bonds is 7. The largest absolute Gasteiger partial charge is 0.492 e. The molecule has 1 heterocycles. The Morgan fingerprint density at radius 2 is 1.30 bits per heavy atom. The SMILES string of the molecule is CCOc1ccccc1NC(=O)COC(=O)c1cccc(N2C(=O)[C@@H]3C4c5ccccc5C(c5ccccc54)[C@H]3C2=O)c1.